The molecular formula is C27H23BrN4O3S. The average molecular weight is 563 g/mol. The van der Waals surface area contributed by atoms with E-state index in [1.807, 2.05) is 53.9 Å². The van der Waals surface area contributed by atoms with E-state index in [2.05, 4.69) is 43.3 Å². The molecule has 2 N–H and O–H groups in total. The highest BCUT2D eigenvalue weighted by Gasteiger charge is 2.11. The van der Waals surface area contributed by atoms with Gasteiger partial charge in [0.1, 0.15) is 6.61 Å². The van der Waals surface area contributed by atoms with Crippen LogP contribution in [0.2, 0.25) is 0 Å². The van der Waals surface area contributed by atoms with Crippen molar-refractivity contribution in [2.75, 3.05) is 19.0 Å². The maximum absolute atomic E-state index is 12.5. The third-order valence-corrected chi connectivity index (χ3v) is 6.30. The molecule has 0 aliphatic heterocycles. The van der Waals surface area contributed by atoms with Gasteiger partial charge in [-0.1, -0.05) is 43.0 Å². The lowest BCUT2D eigenvalue weighted by Crippen LogP contribution is -2.17. The van der Waals surface area contributed by atoms with Gasteiger partial charge >= 0.3 is 0 Å². The predicted octanol–water partition coefficient (Wildman–Crippen LogP) is 6.65. The van der Waals surface area contributed by atoms with Crippen molar-refractivity contribution < 1.29 is 14.3 Å². The third-order valence-electron chi connectivity index (χ3n) is 4.95. The van der Waals surface area contributed by atoms with E-state index in [0.29, 0.717) is 28.1 Å². The number of carbonyl (C=O) groups excluding carboxylic acids is 1. The standard InChI is InChI=1S/C27H23BrN4O3S/c1-3-13-35-25-22(28)14-18(15-24(25)34-2)16-29-32-26(33)20-9-11-21(12-10-20)30-27-31-23(17-36-27)19-7-5-4-6-8-19/h3-12,14-17H,1,13H2,2H3,(H,30,31)(H,32,33)/b29-16-. The van der Waals surface area contributed by atoms with Crippen LogP contribution in [-0.4, -0.2) is 30.8 Å². The summed E-state index contributed by atoms with van der Waals surface area (Å²) in [6.07, 6.45) is 3.19. The van der Waals surface area contributed by atoms with Gasteiger partial charge in [0.05, 0.1) is 23.5 Å². The van der Waals surface area contributed by atoms with Crippen LogP contribution in [0, 0.1) is 0 Å². The lowest BCUT2D eigenvalue weighted by Gasteiger charge is -2.12. The largest absolute Gasteiger partial charge is 0.493 e. The van der Waals surface area contributed by atoms with Gasteiger partial charge in [-0.05, 0) is 57.9 Å². The number of nitrogens with zero attached hydrogens (tertiary/aromatic N) is 2. The van der Waals surface area contributed by atoms with Crippen molar-refractivity contribution in [3.8, 4) is 22.8 Å². The van der Waals surface area contributed by atoms with Gasteiger partial charge in [0.15, 0.2) is 16.6 Å². The van der Waals surface area contributed by atoms with Crippen LogP contribution >= 0.6 is 27.3 Å². The normalized spacial score (nSPS) is 10.7. The SMILES string of the molecule is C=CCOc1c(Br)cc(/C=N\NC(=O)c2ccc(Nc3nc(-c4ccccc4)cs3)cc2)cc1OC. The van der Waals surface area contributed by atoms with Gasteiger partial charge in [0.2, 0.25) is 0 Å². The van der Waals surface area contributed by atoms with Gasteiger partial charge < -0.3 is 14.8 Å². The minimum absolute atomic E-state index is 0.324. The number of anilines is 2. The molecule has 9 heteroatoms. The predicted molar refractivity (Wildman–Crippen MR) is 149 cm³/mol. The number of hydrogen-bond donors (Lipinski definition) is 2. The Labute approximate surface area is 221 Å². The third kappa shape index (κ3) is 6.38. The number of hydrogen-bond acceptors (Lipinski definition) is 7. The Morgan fingerprint density at radius 2 is 1.94 bits per heavy atom. The summed E-state index contributed by atoms with van der Waals surface area (Å²) >= 11 is 4.99. The number of ether oxygens (including phenoxy) is 2. The van der Waals surface area contributed by atoms with E-state index >= 15 is 0 Å². The second-order valence-corrected chi connectivity index (χ2v) is 9.15. The van der Waals surface area contributed by atoms with Gasteiger partial charge in [0, 0.05) is 22.2 Å². The van der Waals surface area contributed by atoms with E-state index in [0.717, 1.165) is 27.6 Å². The molecule has 0 aliphatic rings. The zero-order valence-electron chi connectivity index (χ0n) is 19.4. The second-order valence-electron chi connectivity index (χ2n) is 7.44. The molecule has 0 radical (unpaired) electrons. The zero-order valence-corrected chi connectivity index (χ0v) is 21.8. The van der Waals surface area contributed by atoms with Crippen molar-refractivity contribution >= 4 is 50.2 Å². The Morgan fingerprint density at radius 3 is 2.67 bits per heavy atom. The highest BCUT2D eigenvalue weighted by Crippen LogP contribution is 2.36. The molecule has 182 valence electrons. The van der Waals surface area contributed by atoms with Crippen LogP contribution in [0.4, 0.5) is 10.8 Å². The molecule has 1 heterocycles. The number of methoxy groups -OCH3 is 1. The van der Waals surface area contributed by atoms with Crippen molar-refractivity contribution in [2.45, 2.75) is 0 Å². The Kier molecular flexibility index (Phi) is 8.48. The molecule has 0 aliphatic carbocycles. The molecule has 0 saturated heterocycles. The van der Waals surface area contributed by atoms with Crippen LogP contribution in [0.1, 0.15) is 15.9 Å². The van der Waals surface area contributed by atoms with E-state index in [1.165, 1.54) is 17.6 Å². The summed E-state index contributed by atoms with van der Waals surface area (Å²) in [6, 6.07) is 20.7. The Morgan fingerprint density at radius 1 is 1.17 bits per heavy atom. The van der Waals surface area contributed by atoms with Gasteiger partial charge in [-0.3, -0.25) is 4.79 Å². The van der Waals surface area contributed by atoms with Crippen LogP contribution in [-0.2, 0) is 0 Å². The minimum Gasteiger partial charge on any atom is -0.493 e. The lowest BCUT2D eigenvalue weighted by molar-refractivity contribution is 0.0955. The summed E-state index contributed by atoms with van der Waals surface area (Å²) in [4.78, 5) is 17.1. The number of aromatic nitrogens is 1. The number of thiazole rings is 1. The van der Waals surface area contributed by atoms with Gasteiger partial charge in [-0.15, -0.1) is 11.3 Å². The topological polar surface area (TPSA) is 84.8 Å². The number of amides is 1. The highest BCUT2D eigenvalue weighted by atomic mass is 79.9. The number of halogens is 1. The summed E-state index contributed by atoms with van der Waals surface area (Å²) in [5.41, 5.74) is 6.57. The molecule has 0 spiro atoms. The van der Waals surface area contributed by atoms with Gasteiger partial charge in [-0.2, -0.15) is 5.10 Å². The first kappa shape index (κ1) is 25.2. The van der Waals surface area contributed by atoms with Crippen LogP contribution in [0.3, 0.4) is 0 Å². The first-order valence-electron chi connectivity index (χ1n) is 10.9. The van der Waals surface area contributed by atoms with Gasteiger partial charge in [0.25, 0.3) is 5.91 Å². The fourth-order valence-corrected chi connectivity index (χ4v) is 4.54. The molecule has 4 aromatic rings. The van der Waals surface area contributed by atoms with Crippen molar-refractivity contribution in [1.29, 1.82) is 0 Å². The number of rotatable bonds is 10. The van der Waals surface area contributed by atoms with Crippen molar-refractivity contribution in [2.24, 2.45) is 5.10 Å². The molecular weight excluding hydrogens is 540 g/mol. The quantitative estimate of drug-likeness (QED) is 0.128. The van der Waals surface area contributed by atoms with E-state index in [4.69, 9.17) is 9.47 Å². The number of nitrogens with one attached hydrogen (secondary N) is 2. The fourth-order valence-electron chi connectivity index (χ4n) is 3.23. The summed E-state index contributed by atoms with van der Waals surface area (Å²) in [5.74, 6) is 0.787. The summed E-state index contributed by atoms with van der Waals surface area (Å²) in [7, 11) is 1.56. The van der Waals surface area contributed by atoms with Crippen molar-refractivity contribution in [3.63, 3.8) is 0 Å². The van der Waals surface area contributed by atoms with E-state index in [-0.39, 0.29) is 5.91 Å². The summed E-state index contributed by atoms with van der Waals surface area (Å²) < 4.78 is 11.7. The van der Waals surface area contributed by atoms with Crippen LogP contribution in [0.25, 0.3) is 11.3 Å². The lowest BCUT2D eigenvalue weighted by atomic mass is 10.2. The zero-order chi connectivity index (χ0) is 25.3. The summed E-state index contributed by atoms with van der Waals surface area (Å²) in [6.45, 7) is 4.00. The average Bonchev–Trinajstić information content (AvgIpc) is 3.37. The van der Waals surface area contributed by atoms with E-state index < -0.39 is 0 Å². The Balaban J connectivity index is 1.35. The smallest absolute Gasteiger partial charge is 0.271 e. The maximum Gasteiger partial charge on any atom is 0.271 e. The molecule has 1 amide bonds. The molecule has 3 aromatic carbocycles. The number of hydrazone groups is 1. The van der Waals surface area contributed by atoms with Crippen molar-refractivity contribution in [1.82, 2.24) is 10.4 Å². The molecule has 0 saturated carbocycles. The number of carbonyl (C=O) groups is 1. The monoisotopic (exact) mass is 562 g/mol. The molecule has 1 aromatic heterocycles. The number of benzene rings is 3. The van der Waals surface area contributed by atoms with E-state index in [1.54, 1.807) is 31.4 Å². The van der Waals surface area contributed by atoms with Crippen LogP contribution in [0.15, 0.2) is 94.3 Å². The second kappa shape index (κ2) is 12.1. The molecule has 36 heavy (non-hydrogen) atoms. The van der Waals surface area contributed by atoms with Crippen molar-refractivity contribution in [3.05, 3.63) is 100 Å². The molecule has 0 unspecified atom stereocenters. The Bertz CT molecular complexity index is 1370. The molecule has 0 fully saturated rings. The van der Waals surface area contributed by atoms with Crippen LogP contribution in [0.5, 0.6) is 11.5 Å². The highest BCUT2D eigenvalue weighted by molar-refractivity contribution is 9.10. The molecule has 4 rings (SSSR count). The molecule has 7 nitrogen and oxygen atoms in total. The van der Waals surface area contributed by atoms with Gasteiger partial charge in [-0.25, -0.2) is 10.4 Å². The van der Waals surface area contributed by atoms with E-state index in [9.17, 15) is 4.79 Å². The first-order chi connectivity index (χ1) is 17.6. The maximum atomic E-state index is 12.5. The first-order valence-corrected chi connectivity index (χ1v) is 12.6. The molecule has 0 atom stereocenters. The van der Waals surface area contributed by atoms with Crippen LogP contribution < -0.4 is 20.2 Å². The Hall–Kier alpha value is -3.95. The fraction of sp³-hybridized carbons (Fsp3) is 0.0741. The molecule has 0 bridgehead atoms. The minimum atomic E-state index is -0.324. The summed E-state index contributed by atoms with van der Waals surface area (Å²) in [5, 5.41) is 10.1.